The van der Waals surface area contributed by atoms with E-state index in [9.17, 15) is 8.42 Å². The fourth-order valence-electron chi connectivity index (χ4n) is 2.77. The molecule has 1 fully saturated rings. The second-order valence-electron chi connectivity index (χ2n) is 5.75. The first-order valence-electron chi connectivity index (χ1n) is 8.07. The summed E-state index contributed by atoms with van der Waals surface area (Å²) in [5.41, 5.74) is 1.19. The summed E-state index contributed by atoms with van der Waals surface area (Å²) in [5, 5.41) is 1.77. The van der Waals surface area contributed by atoms with Gasteiger partial charge in [-0.15, -0.1) is 11.3 Å². The van der Waals surface area contributed by atoms with E-state index in [0.29, 0.717) is 17.4 Å². The van der Waals surface area contributed by atoms with E-state index in [0.717, 1.165) is 26.1 Å². The van der Waals surface area contributed by atoms with Crippen LogP contribution in [0.25, 0.3) is 0 Å². The van der Waals surface area contributed by atoms with Crippen LogP contribution < -0.4 is 4.72 Å². The molecule has 0 bridgehead atoms. The minimum atomic E-state index is -3.35. The molecular weight excluding hydrogens is 344 g/mol. The zero-order valence-corrected chi connectivity index (χ0v) is 15.1. The van der Waals surface area contributed by atoms with Gasteiger partial charge in [0.05, 0.1) is 12.7 Å². The van der Waals surface area contributed by atoms with Gasteiger partial charge in [0.2, 0.25) is 10.0 Å². The Morgan fingerprint density at radius 3 is 2.79 bits per heavy atom. The number of thiophene rings is 1. The van der Waals surface area contributed by atoms with Crippen LogP contribution in [0.3, 0.4) is 0 Å². The van der Waals surface area contributed by atoms with Gasteiger partial charge in [0.15, 0.2) is 0 Å². The average Bonchev–Trinajstić information content (AvgIpc) is 3.16. The summed E-state index contributed by atoms with van der Waals surface area (Å²) < 4.78 is 33.0. The summed E-state index contributed by atoms with van der Waals surface area (Å²) in [6.07, 6.45) is 0.884. The van der Waals surface area contributed by atoms with Gasteiger partial charge in [0, 0.05) is 19.6 Å². The molecule has 1 aromatic heterocycles. The minimum Gasteiger partial charge on any atom is -0.371 e. The second kappa shape index (κ2) is 8.22. The number of benzene rings is 1. The summed E-state index contributed by atoms with van der Waals surface area (Å²) in [6.45, 7) is 3.76. The van der Waals surface area contributed by atoms with Crippen molar-refractivity contribution in [2.24, 2.45) is 0 Å². The van der Waals surface area contributed by atoms with Crippen LogP contribution in [-0.4, -0.2) is 46.1 Å². The van der Waals surface area contributed by atoms with Gasteiger partial charge in [-0.3, -0.25) is 4.90 Å². The molecule has 2 aromatic rings. The number of nitrogens with zero attached hydrogens (tertiary/aromatic N) is 1. The van der Waals surface area contributed by atoms with E-state index >= 15 is 0 Å². The van der Waals surface area contributed by atoms with Crippen molar-refractivity contribution in [3.05, 3.63) is 53.4 Å². The normalized spacial score (nSPS) is 19.4. The highest BCUT2D eigenvalue weighted by Crippen LogP contribution is 2.22. The molecular formula is C17H22N2O3S2. The molecule has 0 spiro atoms. The van der Waals surface area contributed by atoms with Crippen LogP contribution in [0.2, 0.25) is 0 Å². The maximum Gasteiger partial charge on any atom is 0.250 e. The predicted molar refractivity (Wildman–Crippen MR) is 95.7 cm³/mol. The van der Waals surface area contributed by atoms with E-state index in [-0.39, 0.29) is 6.10 Å². The van der Waals surface area contributed by atoms with Gasteiger partial charge in [0.25, 0.3) is 0 Å². The van der Waals surface area contributed by atoms with E-state index in [1.54, 1.807) is 17.5 Å². The molecule has 1 N–H and O–H groups in total. The molecule has 0 amide bonds. The van der Waals surface area contributed by atoms with Crippen molar-refractivity contribution in [1.82, 2.24) is 9.62 Å². The molecule has 0 radical (unpaired) electrons. The van der Waals surface area contributed by atoms with E-state index in [2.05, 4.69) is 21.8 Å². The molecule has 1 aliphatic heterocycles. The predicted octanol–water partition coefficient (Wildman–Crippen LogP) is 2.49. The summed E-state index contributed by atoms with van der Waals surface area (Å²) >= 11 is 1.24. The zero-order chi connectivity index (χ0) is 16.8. The molecule has 7 heteroatoms. The highest BCUT2D eigenvalue weighted by Gasteiger charge is 2.21. The quantitative estimate of drug-likeness (QED) is 0.765. The summed E-state index contributed by atoms with van der Waals surface area (Å²) in [5.74, 6) is 0. The third-order valence-corrected chi connectivity index (χ3v) is 6.88. The van der Waals surface area contributed by atoms with Crippen LogP contribution in [0, 0.1) is 0 Å². The fraction of sp³-hybridized carbons (Fsp3) is 0.412. The van der Waals surface area contributed by atoms with E-state index in [1.807, 2.05) is 18.2 Å². The van der Waals surface area contributed by atoms with Crippen molar-refractivity contribution in [3.8, 4) is 0 Å². The largest absolute Gasteiger partial charge is 0.371 e. The van der Waals surface area contributed by atoms with Crippen LogP contribution >= 0.6 is 11.3 Å². The van der Waals surface area contributed by atoms with E-state index in [4.69, 9.17) is 4.74 Å². The van der Waals surface area contributed by atoms with Gasteiger partial charge in [-0.25, -0.2) is 13.1 Å². The lowest BCUT2D eigenvalue weighted by Crippen LogP contribution is -2.39. The first-order valence-corrected chi connectivity index (χ1v) is 10.4. The Kier molecular flexibility index (Phi) is 6.02. The maximum atomic E-state index is 12.0. The minimum absolute atomic E-state index is 0.0998. The monoisotopic (exact) mass is 366 g/mol. The van der Waals surface area contributed by atoms with Crippen molar-refractivity contribution in [1.29, 1.82) is 0 Å². The van der Waals surface area contributed by atoms with Crippen molar-refractivity contribution >= 4 is 21.4 Å². The summed E-state index contributed by atoms with van der Waals surface area (Å²) in [4.78, 5) is 2.33. The van der Waals surface area contributed by atoms with Crippen LogP contribution in [0.5, 0.6) is 0 Å². The van der Waals surface area contributed by atoms with Crippen LogP contribution in [0.4, 0.5) is 0 Å². The molecule has 1 atom stereocenters. The lowest BCUT2D eigenvalue weighted by Gasteiger charge is -2.33. The first-order chi connectivity index (χ1) is 11.6. The van der Waals surface area contributed by atoms with Crippen molar-refractivity contribution < 1.29 is 13.2 Å². The molecule has 24 heavy (non-hydrogen) atoms. The molecule has 3 rings (SSSR count). The van der Waals surface area contributed by atoms with Gasteiger partial charge in [-0.1, -0.05) is 36.4 Å². The molecule has 0 unspecified atom stereocenters. The highest BCUT2D eigenvalue weighted by molar-refractivity contribution is 7.91. The van der Waals surface area contributed by atoms with Crippen LogP contribution in [0.1, 0.15) is 18.1 Å². The Morgan fingerprint density at radius 1 is 1.21 bits per heavy atom. The summed E-state index contributed by atoms with van der Waals surface area (Å²) in [6, 6.07) is 13.6. The third-order valence-electron chi connectivity index (χ3n) is 4.03. The van der Waals surface area contributed by atoms with Gasteiger partial charge in [0.1, 0.15) is 4.21 Å². The number of sulfonamides is 1. The molecule has 0 saturated carbocycles. The average molecular weight is 367 g/mol. The van der Waals surface area contributed by atoms with Gasteiger partial charge in [-0.2, -0.15) is 0 Å². The molecule has 130 valence electrons. The van der Waals surface area contributed by atoms with E-state index < -0.39 is 10.0 Å². The van der Waals surface area contributed by atoms with Crippen molar-refractivity contribution in [3.63, 3.8) is 0 Å². The number of rotatable bonds is 7. The number of nitrogens with one attached hydrogen (secondary N) is 1. The number of morpholine rings is 1. The highest BCUT2D eigenvalue weighted by atomic mass is 32.2. The van der Waals surface area contributed by atoms with Gasteiger partial charge >= 0.3 is 0 Å². The SMILES string of the molecule is O=S(=O)(NCCCN1CCO[C@H](c2ccccc2)C1)c1cccs1. The first kappa shape index (κ1) is 17.6. The Balaban J connectivity index is 1.44. The van der Waals surface area contributed by atoms with Crippen LogP contribution in [-0.2, 0) is 14.8 Å². The third kappa shape index (κ3) is 4.64. The molecule has 0 aliphatic carbocycles. The summed E-state index contributed by atoms with van der Waals surface area (Å²) in [7, 11) is -3.35. The molecule has 5 nitrogen and oxygen atoms in total. The number of hydrogen-bond donors (Lipinski definition) is 1. The second-order valence-corrected chi connectivity index (χ2v) is 8.70. The van der Waals surface area contributed by atoms with Crippen LogP contribution in [0.15, 0.2) is 52.1 Å². The van der Waals surface area contributed by atoms with Crippen molar-refractivity contribution in [2.75, 3.05) is 32.8 Å². The lowest BCUT2D eigenvalue weighted by molar-refractivity contribution is -0.0300. The zero-order valence-electron chi connectivity index (χ0n) is 13.4. The molecule has 1 saturated heterocycles. The Bertz CT molecular complexity index is 718. The fourth-order valence-corrected chi connectivity index (χ4v) is 4.88. The molecule has 1 aliphatic rings. The Morgan fingerprint density at radius 2 is 2.04 bits per heavy atom. The Hall–Kier alpha value is -1.25. The molecule has 2 heterocycles. The smallest absolute Gasteiger partial charge is 0.250 e. The van der Waals surface area contributed by atoms with E-state index in [1.165, 1.54) is 16.9 Å². The van der Waals surface area contributed by atoms with Gasteiger partial charge in [-0.05, 0) is 30.0 Å². The Labute approximate surface area is 147 Å². The van der Waals surface area contributed by atoms with Gasteiger partial charge < -0.3 is 4.74 Å². The lowest BCUT2D eigenvalue weighted by atomic mass is 10.1. The maximum absolute atomic E-state index is 12.0. The van der Waals surface area contributed by atoms with Crippen molar-refractivity contribution in [2.45, 2.75) is 16.7 Å². The number of ether oxygens (including phenoxy) is 1. The molecule has 1 aromatic carbocycles. The number of hydrogen-bond acceptors (Lipinski definition) is 5. The standard InChI is InChI=1S/C17H22N2O3S2/c20-24(21,17-8-4-13-23-17)18-9-5-10-19-11-12-22-16(14-19)15-6-2-1-3-7-15/h1-4,6-8,13,16,18H,5,9-12,14H2/t16-/m0/s1. The topological polar surface area (TPSA) is 58.6 Å².